The monoisotopic (exact) mass is 293 g/mol. The number of aromatic nitrogens is 2. The molecule has 0 atom stereocenters. The SMILES string of the molecule is CCOCCCNc1nccn1Cc1sccc1CC. The third kappa shape index (κ3) is 4.08. The molecule has 0 aliphatic rings. The van der Waals surface area contributed by atoms with Crippen molar-refractivity contribution in [2.45, 2.75) is 33.2 Å². The van der Waals surface area contributed by atoms with Crippen molar-refractivity contribution < 1.29 is 4.74 Å². The maximum atomic E-state index is 5.33. The Kier molecular flexibility index (Phi) is 6.08. The van der Waals surface area contributed by atoms with Gasteiger partial charge in [-0.2, -0.15) is 0 Å². The molecule has 20 heavy (non-hydrogen) atoms. The lowest BCUT2D eigenvalue weighted by molar-refractivity contribution is 0.147. The third-order valence-corrected chi connectivity index (χ3v) is 4.15. The molecular formula is C15H23N3OS. The zero-order valence-corrected chi connectivity index (χ0v) is 13.1. The lowest BCUT2D eigenvalue weighted by Gasteiger charge is -2.10. The van der Waals surface area contributed by atoms with Crippen LogP contribution in [0.5, 0.6) is 0 Å². The highest BCUT2D eigenvalue weighted by molar-refractivity contribution is 7.10. The third-order valence-electron chi connectivity index (χ3n) is 3.20. The van der Waals surface area contributed by atoms with Gasteiger partial charge in [0.05, 0.1) is 6.54 Å². The van der Waals surface area contributed by atoms with E-state index in [1.54, 1.807) is 0 Å². The Labute approximate surface area is 124 Å². The minimum atomic E-state index is 0.785. The fourth-order valence-corrected chi connectivity index (χ4v) is 3.07. The molecule has 2 aromatic rings. The highest BCUT2D eigenvalue weighted by Gasteiger charge is 2.07. The first-order valence-corrected chi connectivity index (χ1v) is 8.11. The zero-order chi connectivity index (χ0) is 14.2. The average Bonchev–Trinajstić information content (AvgIpc) is 3.08. The molecule has 0 unspecified atom stereocenters. The minimum Gasteiger partial charge on any atom is -0.382 e. The molecule has 0 aliphatic carbocycles. The summed E-state index contributed by atoms with van der Waals surface area (Å²) in [6.45, 7) is 7.59. The van der Waals surface area contributed by atoms with Gasteiger partial charge in [0.1, 0.15) is 0 Å². The number of hydrogen-bond acceptors (Lipinski definition) is 4. The number of thiophene rings is 1. The van der Waals surface area contributed by atoms with Crippen LogP contribution in [-0.2, 0) is 17.7 Å². The highest BCUT2D eigenvalue weighted by atomic mass is 32.1. The van der Waals surface area contributed by atoms with Gasteiger partial charge >= 0.3 is 0 Å². The Balaban J connectivity index is 1.88. The molecule has 2 heterocycles. The normalized spacial score (nSPS) is 10.9. The van der Waals surface area contributed by atoms with Crippen molar-refractivity contribution in [2.75, 3.05) is 25.1 Å². The molecule has 110 valence electrons. The van der Waals surface area contributed by atoms with Crippen LogP contribution in [0.4, 0.5) is 5.95 Å². The first-order valence-electron chi connectivity index (χ1n) is 7.23. The van der Waals surface area contributed by atoms with Gasteiger partial charge in [0.2, 0.25) is 5.95 Å². The minimum absolute atomic E-state index is 0.785. The molecule has 2 aromatic heterocycles. The van der Waals surface area contributed by atoms with E-state index in [4.69, 9.17) is 4.74 Å². The number of hydrogen-bond donors (Lipinski definition) is 1. The molecule has 0 bridgehead atoms. The van der Waals surface area contributed by atoms with Crippen molar-refractivity contribution in [2.24, 2.45) is 0 Å². The van der Waals surface area contributed by atoms with Crippen LogP contribution in [0.15, 0.2) is 23.8 Å². The molecule has 0 aromatic carbocycles. The fourth-order valence-electron chi connectivity index (χ4n) is 2.10. The molecule has 1 N–H and O–H groups in total. The number of nitrogens with zero attached hydrogens (tertiary/aromatic N) is 2. The van der Waals surface area contributed by atoms with Gasteiger partial charge in [-0.1, -0.05) is 6.92 Å². The van der Waals surface area contributed by atoms with Crippen LogP contribution in [0.1, 0.15) is 30.7 Å². The van der Waals surface area contributed by atoms with Crippen LogP contribution in [-0.4, -0.2) is 29.3 Å². The predicted octanol–water partition coefficient (Wildman–Crippen LogP) is 3.39. The van der Waals surface area contributed by atoms with E-state index in [0.717, 1.165) is 45.1 Å². The Hall–Kier alpha value is -1.33. The van der Waals surface area contributed by atoms with Crippen LogP contribution in [0.25, 0.3) is 0 Å². The summed E-state index contributed by atoms with van der Waals surface area (Å²) < 4.78 is 7.51. The maximum Gasteiger partial charge on any atom is 0.203 e. The number of aryl methyl sites for hydroxylation is 1. The van der Waals surface area contributed by atoms with Crippen LogP contribution in [0, 0.1) is 0 Å². The molecule has 0 aliphatic heterocycles. The van der Waals surface area contributed by atoms with Crippen molar-refractivity contribution in [3.8, 4) is 0 Å². The largest absolute Gasteiger partial charge is 0.382 e. The van der Waals surface area contributed by atoms with Crippen molar-refractivity contribution in [1.82, 2.24) is 9.55 Å². The van der Waals surface area contributed by atoms with Crippen LogP contribution < -0.4 is 5.32 Å². The number of anilines is 1. The Morgan fingerprint density at radius 2 is 2.30 bits per heavy atom. The van der Waals surface area contributed by atoms with Crippen LogP contribution in [0.2, 0.25) is 0 Å². The summed E-state index contributed by atoms with van der Waals surface area (Å²) in [6, 6.07) is 2.21. The first kappa shape index (κ1) is 15.1. The highest BCUT2D eigenvalue weighted by Crippen LogP contribution is 2.20. The molecular weight excluding hydrogens is 270 g/mol. The summed E-state index contributed by atoms with van der Waals surface area (Å²) in [5.41, 5.74) is 1.44. The molecule has 4 nitrogen and oxygen atoms in total. The van der Waals surface area contributed by atoms with E-state index < -0.39 is 0 Å². The van der Waals surface area contributed by atoms with E-state index in [0.29, 0.717) is 0 Å². The van der Waals surface area contributed by atoms with Crippen LogP contribution in [0.3, 0.4) is 0 Å². The zero-order valence-electron chi connectivity index (χ0n) is 12.3. The standard InChI is InChI=1S/C15H23N3OS/c1-3-13-6-11-20-14(13)12-18-9-8-17-15(18)16-7-5-10-19-4-2/h6,8-9,11H,3-5,7,10,12H2,1-2H3,(H,16,17). The Morgan fingerprint density at radius 1 is 1.40 bits per heavy atom. The number of imidazole rings is 1. The van der Waals surface area contributed by atoms with Gasteiger partial charge in [-0.3, -0.25) is 0 Å². The van der Waals surface area contributed by atoms with Gasteiger partial charge in [0, 0.05) is 37.0 Å². The van der Waals surface area contributed by atoms with Crippen molar-refractivity contribution in [3.05, 3.63) is 34.3 Å². The molecule has 0 radical (unpaired) electrons. The lowest BCUT2D eigenvalue weighted by Crippen LogP contribution is -2.11. The summed E-state index contributed by atoms with van der Waals surface area (Å²) in [5.74, 6) is 0.942. The summed E-state index contributed by atoms with van der Waals surface area (Å²) in [4.78, 5) is 5.81. The second kappa shape index (κ2) is 8.07. The molecule has 0 amide bonds. The van der Waals surface area contributed by atoms with Gasteiger partial charge in [0.25, 0.3) is 0 Å². The van der Waals surface area contributed by atoms with E-state index in [1.165, 1.54) is 10.4 Å². The smallest absolute Gasteiger partial charge is 0.203 e. The van der Waals surface area contributed by atoms with Crippen molar-refractivity contribution in [1.29, 1.82) is 0 Å². The van der Waals surface area contributed by atoms with E-state index in [2.05, 4.69) is 33.2 Å². The summed E-state index contributed by atoms with van der Waals surface area (Å²) in [7, 11) is 0. The van der Waals surface area contributed by atoms with E-state index in [9.17, 15) is 0 Å². The second-order valence-electron chi connectivity index (χ2n) is 4.58. The average molecular weight is 293 g/mol. The van der Waals surface area contributed by atoms with Gasteiger partial charge in [-0.15, -0.1) is 11.3 Å². The van der Waals surface area contributed by atoms with Gasteiger partial charge < -0.3 is 14.6 Å². The van der Waals surface area contributed by atoms with Gasteiger partial charge in [-0.05, 0) is 36.8 Å². The molecule has 0 fully saturated rings. The lowest BCUT2D eigenvalue weighted by atomic mass is 10.2. The number of ether oxygens (including phenoxy) is 1. The quantitative estimate of drug-likeness (QED) is 0.720. The summed E-state index contributed by atoms with van der Waals surface area (Å²) in [6.07, 6.45) is 5.97. The number of nitrogens with one attached hydrogen (secondary N) is 1. The van der Waals surface area contributed by atoms with Crippen molar-refractivity contribution >= 4 is 17.3 Å². The van der Waals surface area contributed by atoms with Gasteiger partial charge in [-0.25, -0.2) is 4.98 Å². The second-order valence-corrected chi connectivity index (χ2v) is 5.58. The van der Waals surface area contributed by atoms with Crippen molar-refractivity contribution in [3.63, 3.8) is 0 Å². The topological polar surface area (TPSA) is 39.1 Å². The Bertz CT molecular complexity index is 507. The Morgan fingerprint density at radius 3 is 3.10 bits per heavy atom. The number of rotatable bonds is 9. The molecule has 2 rings (SSSR count). The summed E-state index contributed by atoms with van der Waals surface area (Å²) in [5, 5.41) is 5.55. The molecule has 0 saturated heterocycles. The van der Waals surface area contributed by atoms with Crippen LogP contribution >= 0.6 is 11.3 Å². The van der Waals surface area contributed by atoms with E-state index in [-0.39, 0.29) is 0 Å². The molecule has 0 spiro atoms. The molecule has 5 heteroatoms. The molecule has 0 saturated carbocycles. The fraction of sp³-hybridized carbons (Fsp3) is 0.533. The predicted molar refractivity (Wildman–Crippen MR) is 84.6 cm³/mol. The first-order chi connectivity index (χ1) is 9.85. The van der Waals surface area contributed by atoms with Gasteiger partial charge in [0.15, 0.2) is 0 Å². The maximum absolute atomic E-state index is 5.33. The van der Waals surface area contributed by atoms with E-state index in [1.807, 2.05) is 30.7 Å². The van der Waals surface area contributed by atoms with E-state index >= 15 is 0 Å². The summed E-state index contributed by atoms with van der Waals surface area (Å²) >= 11 is 1.82.